The van der Waals surface area contributed by atoms with Gasteiger partial charge in [-0.2, -0.15) is 0 Å². The first-order chi connectivity index (χ1) is 7.41. The van der Waals surface area contributed by atoms with Crippen molar-refractivity contribution in [3.8, 4) is 0 Å². The van der Waals surface area contributed by atoms with Gasteiger partial charge in [0.25, 0.3) is 0 Å². The van der Waals surface area contributed by atoms with Crippen molar-refractivity contribution < 1.29 is 9.82 Å². The predicted octanol–water partition coefficient (Wildman–Crippen LogP) is -1.91. The number of H-pyrrole nitrogens is 2. The molecule has 1 heterocycles. The van der Waals surface area contributed by atoms with Crippen molar-refractivity contribution >= 4 is 11.8 Å². The highest BCUT2D eigenvalue weighted by atomic mass is 16.6. The third kappa shape index (κ3) is 2.64. The van der Waals surface area contributed by atoms with E-state index >= 15 is 0 Å². The highest BCUT2D eigenvalue weighted by Crippen LogP contribution is 2.08. The third-order valence-corrected chi connectivity index (χ3v) is 1.71. The smallest absolute Gasteiger partial charge is 0.313 e. The second-order valence-corrected chi connectivity index (χ2v) is 3.34. The first-order valence-electron chi connectivity index (χ1n) is 4.41. The zero-order chi connectivity index (χ0) is 12.3. The summed E-state index contributed by atoms with van der Waals surface area (Å²) in [6, 6.07) is 0. The molecule has 0 aliphatic rings. The van der Waals surface area contributed by atoms with Gasteiger partial charge in [-0.3, -0.25) is 19.9 Å². The minimum atomic E-state index is -1.01. The van der Waals surface area contributed by atoms with Gasteiger partial charge in [0.05, 0.1) is 25.2 Å². The molecule has 1 aromatic rings. The second kappa shape index (κ2) is 4.53. The lowest BCUT2D eigenvalue weighted by molar-refractivity contribution is -0.800. The maximum atomic E-state index is 11.2. The molecule has 86 valence electrons. The Bertz CT molecular complexity index is 540. The average molecular weight is 227 g/mol. The van der Waals surface area contributed by atoms with Crippen molar-refractivity contribution in [3.63, 3.8) is 0 Å². The van der Waals surface area contributed by atoms with Crippen molar-refractivity contribution in [1.82, 2.24) is 9.97 Å². The van der Waals surface area contributed by atoms with Crippen LogP contribution in [-0.2, 0) is 0 Å². The van der Waals surface area contributed by atoms with Gasteiger partial charge in [-0.15, -0.1) is 0 Å². The largest absolute Gasteiger partial charge is 0.357 e. The van der Waals surface area contributed by atoms with Crippen LogP contribution in [0, 0.1) is 10.1 Å². The molecule has 0 saturated heterocycles. The molecule has 0 aromatic carbocycles. The van der Waals surface area contributed by atoms with Crippen LogP contribution in [0.25, 0.3) is 6.08 Å². The molecule has 0 fully saturated rings. The fourth-order valence-corrected chi connectivity index (χ4v) is 1.05. The number of nitrogens with one attached hydrogen (secondary N) is 3. The maximum absolute atomic E-state index is 11.2. The lowest BCUT2D eigenvalue weighted by Gasteiger charge is -1.98. The van der Waals surface area contributed by atoms with Gasteiger partial charge >= 0.3 is 16.9 Å². The molecule has 0 saturated carbocycles. The Labute approximate surface area is 89.4 Å². The van der Waals surface area contributed by atoms with E-state index in [1.165, 1.54) is 6.08 Å². The van der Waals surface area contributed by atoms with E-state index in [9.17, 15) is 19.7 Å². The van der Waals surface area contributed by atoms with Crippen LogP contribution in [-0.4, -0.2) is 29.0 Å². The Morgan fingerprint density at radius 2 is 1.94 bits per heavy atom. The van der Waals surface area contributed by atoms with Crippen LogP contribution in [0.2, 0.25) is 0 Å². The topological polar surface area (TPSA) is 113 Å². The van der Waals surface area contributed by atoms with Gasteiger partial charge in [-0.1, -0.05) is 0 Å². The van der Waals surface area contributed by atoms with E-state index in [2.05, 4.69) is 4.98 Å². The van der Waals surface area contributed by atoms with Gasteiger partial charge in [0.1, 0.15) is 5.69 Å². The molecular weight excluding hydrogens is 216 g/mol. The van der Waals surface area contributed by atoms with Gasteiger partial charge < -0.3 is 9.88 Å². The van der Waals surface area contributed by atoms with E-state index in [1.54, 1.807) is 25.3 Å². The Morgan fingerprint density at radius 3 is 2.44 bits per heavy atom. The summed E-state index contributed by atoms with van der Waals surface area (Å²) in [5.41, 5.74) is -2.57. The number of hydrogen-bond donors (Lipinski definition) is 3. The molecule has 3 N–H and O–H groups in total. The van der Waals surface area contributed by atoms with E-state index in [0.29, 0.717) is 0 Å². The van der Waals surface area contributed by atoms with Crippen LogP contribution < -0.4 is 16.1 Å². The molecule has 0 amide bonds. The minimum Gasteiger partial charge on any atom is -0.313 e. The summed E-state index contributed by atoms with van der Waals surface area (Å²) in [7, 11) is 3.57. The number of nitrogens with zero attached hydrogens (tertiary/aromatic N) is 1. The summed E-state index contributed by atoms with van der Waals surface area (Å²) in [6.07, 6.45) is 2.89. The van der Waals surface area contributed by atoms with Gasteiger partial charge in [0, 0.05) is 6.08 Å². The maximum Gasteiger partial charge on any atom is 0.357 e. The standard InChI is InChI=1S/C8H10N4O4/c1-11(2)4-3-5-6(12(15)16)7(13)10-8(14)9-5/h3-4H,1-2H3,(H2,9,10,13,14)/p+1/b4-3+. The number of rotatable bonds is 3. The van der Waals surface area contributed by atoms with Crippen molar-refractivity contribution in [2.45, 2.75) is 0 Å². The highest BCUT2D eigenvalue weighted by molar-refractivity contribution is 5.54. The van der Waals surface area contributed by atoms with Crippen molar-refractivity contribution in [2.24, 2.45) is 0 Å². The van der Waals surface area contributed by atoms with E-state index in [4.69, 9.17) is 0 Å². The normalized spacial score (nSPS) is 11.2. The van der Waals surface area contributed by atoms with Crippen molar-refractivity contribution in [1.29, 1.82) is 0 Å². The van der Waals surface area contributed by atoms with Crippen molar-refractivity contribution in [3.05, 3.63) is 42.8 Å². The van der Waals surface area contributed by atoms with Crippen LogP contribution >= 0.6 is 0 Å². The first-order valence-corrected chi connectivity index (χ1v) is 4.41. The Balaban J connectivity index is 3.42. The molecular formula is C8H11N4O4+. The summed E-state index contributed by atoms with van der Waals surface area (Å²) in [5, 5.41) is 10.6. The molecule has 8 nitrogen and oxygen atoms in total. The Morgan fingerprint density at radius 1 is 1.31 bits per heavy atom. The molecule has 8 heteroatoms. The summed E-state index contributed by atoms with van der Waals surface area (Å²) < 4.78 is 0. The molecule has 0 spiro atoms. The van der Waals surface area contributed by atoms with Crippen LogP contribution in [0.5, 0.6) is 0 Å². The van der Waals surface area contributed by atoms with Crippen LogP contribution in [0.1, 0.15) is 5.69 Å². The van der Waals surface area contributed by atoms with Crippen LogP contribution in [0.15, 0.2) is 15.8 Å². The molecule has 16 heavy (non-hydrogen) atoms. The zero-order valence-electron chi connectivity index (χ0n) is 8.73. The molecule has 0 aliphatic carbocycles. The van der Waals surface area contributed by atoms with Gasteiger partial charge in [-0.25, -0.2) is 4.79 Å². The monoisotopic (exact) mass is 227 g/mol. The molecule has 1 aromatic heterocycles. The molecule has 1 rings (SSSR count). The SMILES string of the molecule is C[NH+](C)/C=C/c1[nH]c(=O)[nH]c(=O)c1[N+](=O)[O-]. The lowest BCUT2D eigenvalue weighted by Crippen LogP contribution is -3.00. The van der Waals surface area contributed by atoms with Gasteiger partial charge in [0.2, 0.25) is 0 Å². The fraction of sp³-hybridized carbons (Fsp3) is 0.250. The van der Waals surface area contributed by atoms with E-state index in [-0.39, 0.29) is 5.69 Å². The van der Waals surface area contributed by atoms with Crippen LogP contribution in [0.4, 0.5) is 5.69 Å². The van der Waals surface area contributed by atoms with Gasteiger partial charge in [0.15, 0.2) is 0 Å². The van der Waals surface area contributed by atoms with Crippen LogP contribution in [0.3, 0.4) is 0 Å². The summed E-state index contributed by atoms with van der Waals surface area (Å²) >= 11 is 0. The van der Waals surface area contributed by atoms with Gasteiger partial charge in [-0.05, 0) is 0 Å². The number of aromatic nitrogens is 2. The Hall–Kier alpha value is -2.22. The molecule has 0 atom stereocenters. The quantitative estimate of drug-likeness (QED) is 0.413. The summed E-state index contributed by atoms with van der Waals surface area (Å²) in [6.45, 7) is 0. The number of hydrogen-bond acceptors (Lipinski definition) is 4. The fourth-order valence-electron chi connectivity index (χ4n) is 1.05. The molecule has 0 radical (unpaired) electrons. The predicted molar refractivity (Wildman–Crippen MR) is 56.2 cm³/mol. The minimum absolute atomic E-state index is 0.111. The number of nitro groups is 1. The lowest BCUT2D eigenvalue weighted by atomic mass is 10.3. The van der Waals surface area contributed by atoms with Crippen molar-refractivity contribution in [2.75, 3.05) is 14.1 Å². The molecule has 0 unspecified atom stereocenters. The zero-order valence-corrected chi connectivity index (χ0v) is 8.73. The summed E-state index contributed by atoms with van der Waals surface area (Å²) in [4.78, 5) is 36.8. The summed E-state index contributed by atoms with van der Waals surface area (Å²) in [5.74, 6) is 0. The molecule has 0 bridgehead atoms. The number of aromatic amines is 2. The van der Waals surface area contributed by atoms with E-state index in [1.807, 2.05) is 0 Å². The average Bonchev–Trinajstić information content (AvgIpc) is 2.12. The van der Waals surface area contributed by atoms with E-state index < -0.39 is 21.9 Å². The number of quaternary nitrogens is 1. The highest BCUT2D eigenvalue weighted by Gasteiger charge is 2.18. The third-order valence-electron chi connectivity index (χ3n) is 1.71. The second-order valence-electron chi connectivity index (χ2n) is 3.34. The Kier molecular flexibility index (Phi) is 3.36. The molecule has 0 aliphatic heterocycles. The first kappa shape index (κ1) is 11.9. The van der Waals surface area contributed by atoms with E-state index in [0.717, 1.165) is 4.90 Å².